The van der Waals surface area contributed by atoms with E-state index in [9.17, 15) is 4.79 Å². The molecule has 1 spiro atoms. The number of aromatic nitrogens is 2. The van der Waals surface area contributed by atoms with Gasteiger partial charge in [0.1, 0.15) is 11.8 Å². The third-order valence-corrected chi connectivity index (χ3v) is 8.74. The lowest BCUT2D eigenvalue weighted by atomic mass is 9.69. The van der Waals surface area contributed by atoms with E-state index in [2.05, 4.69) is 28.9 Å². The molecule has 1 saturated heterocycles. The number of carbonyl (C=O) groups is 1. The molecule has 2 fully saturated rings. The topological polar surface area (TPSA) is 78.3 Å². The van der Waals surface area contributed by atoms with Crippen LogP contribution >= 0.6 is 0 Å². The van der Waals surface area contributed by atoms with Crippen LogP contribution in [0.15, 0.2) is 12.3 Å². The number of hydrogen-bond acceptors (Lipinski definition) is 7. The Morgan fingerprint density at radius 3 is 2.61 bits per heavy atom. The molecule has 1 saturated carbocycles. The molecule has 3 aliphatic rings. The van der Waals surface area contributed by atoms with Gasteiger partial charge in [0, 0.05) is 70.8 Å². The summed E-state index contributed by atoms with van der Waals surface area (Å²) < 4.78 is 25.4. The highest BCUT2D eigenvalue weighted by atomic mass is 16.6. The quantitative estimate of drug-likeness (QED) is 0.282. The van der Waals surface area contributed by atoms with Crippen molar-refractivity contribution in [2.45, 2.75) is 109 Å². The van der Waals surface area contributed by atoms with Crippen LogP contribution in [0.5, 0.6) is 0 Å². The number of rotatable bonds is 12. The molecule has 2 heterocycles. The highest BCUT2D eigenvalue weighted by Crippen LogP contribution is 2.52. The molecule has 0 aromatic carbocycles. The van der Waals surface area contributed by atoms with Gasteiger partial charge in [-0.25, -0.2) is 9.48 Å². The Labute approximate surface area is 247 Å². The van der Waals surface area contributed by atoms with Gasteiger partial charge in [0.25, 0.3) is 0 Å². The largest absolute Gasteiger partial charge is 0.444 e. The first-order valence-electron chi connectivity index (χ1n) is 15.7. The summed E-state index contributed by atoms with van der Waals surface area (Å²) in [5.41, 5.74) is 3.38. The van der Waals surface area contributed by atoms with E-state index >= 15 is 0 Å². The van der Waals surface area contributed by atoms with E-state index in [0.717, 1.165) is 70.7 Å². The first-order valence-corrected chi connectivity index (χ1v) is 15.7. The molecule has 0 N–H and O–H groups in total. The Bertz CT molecular complexity index is 1000. The average molecular weight is 575 g/mol. The predicted molar refractivity (Wildman–Crippen MR) is 161 cm³/mol. The Kier molecular flexibility index (Phi) is 11.3. The zero-order chi connectivity index (χ0) is 29.5. The zero-order valence-electron chi connectivity index (χ0n) is 26.5. The number of ether oxygens (including phenoxy) is 4. The number of carbonyl (C=O) groups excluding carboxylic acids is 1. The van der Waals surface area contributed by atoms with Gasteiger partial charge in [-0.1, -0.05) is 18.9 Å². The molecule has 1 amide bonds. The summed E-state index contributed by atoms with van der Waals surface area (Å²) in [5, 5.41) is 5.20. The van der Waals surface area contributed by atoms with Crippen molar-refractivity contribution in [3.8, 4) is 0 Å². The van der Waals surface area contributed by atoms with Gasteiger partial charge in [-0.3, -0.25) is 0 Å². The summed E-state index contributed by atoms with van der Waals surface area (Å²) in [6, 6.07) is 0. The minimum Gasteiger partial charge on any atom is -0.444 e. The Morgan fingerprint density at radius 1 is 1.15 bits per heavy atom. The van der Waals surface area contributed by atoms with Crippen molar-refractivity contribution in [1.82, 2.24) is 19.6 Å². The van der Waals surface area contributed by atoms with Crippen molar-refractivity contribution < 1.29 is 23.7 Å². The van der Waals surface area contributed by atoms with Crippen LogP contribution < -0.4 is 0 Å². The molecule has 4 rings (SSSR count). The van der Waals surface area contributed by atoms with Crippen LogP contribution in [0.4, 0.5) is 4.79 Å². The van der Waals surface area contributed by atoms with Gasteiger partial charge in [0.15, 0.2) is 0 Å². The molecule has 2 atom stereocenters. The minimum absolute atomic E-state index is 0.00126. The van der Waals surface area contributed by atoms with E-state index in [0.29, 0.717) is 6.54 Å². The number of methoxy groups -OCH3 is 1. The van der Waals surface area contributed by atoms with Crippen molar-refractivity contribution in [3.63, 3.8) is 0 Å². The fourth-order valence-electron chi connectivity index (χ4n) is 6.51. The highest BCUT2D eigenvalue weighted by Gasteiger charge is 2.45. The number of allylic oxidation sites excluding steroid dienone is 1. The maximum absolute atomic E-state index is 12.5. The monoisotopic (exact) mass is 574 g/mol. The maximum Gasteiger partial charge on any atom is 0.410 e. The lowest BCUT2D eigenvalue weighted by molar-refractivity contribution is -0.0441. The normalized spacial score (nSPS) is 22.8. The fraction of sp³-hybridized carbons (Fsp3) is 0.812. The molecule has 9 nitrogen and oxygen atoms in total. The van der Waals surface area contributed by atoms with Gasteiger partial charge in [0.05, 0.1) is 11.8 Å². The van der Waals surface area contributed by atoms with Crippen LogP contribution in [0.3, 0.4) is 0 Å². The SMILES string of the molecule is COCCCOC1CC=C(c2nn(C3CCCCO3)cc2CN(C)CCN(C)C(=O)OC(C)(C)C)CC12CCCC2. The Hall–Kier alpha value is -1.94. The van der Waals surface area contributed by atoms with Gasteiger partial charge in [-0.2, -0.15) is 5.10 Å². The van der Waals surface area contributed by atoms with Gasteiger partial charge < -0.3 is 28.7 Å². The van der Waals surface area contributed by atoms with E-state index in [1.807, 2.05) is 20.8 Å². The molecule has 41 heavy (non-hydrogen) atoms. The number of nitrogens with zero attached hydrogens (tertiary/aromatic N) is 4. The van der Waals surface area contributed by atoms with Gasteiger partial charge in [-0.15, -0.1) is 0 Å². The highest BCUT2D eigenvalue weighted by molar-refractivity contribution is 5.68. The second-order valence-corrected chi connectivity index (χ2v) is 13.4. The maximum atomic E-state index is 12.5. The molecule has 0 bridgehead atoms. The number of hydrogen-bond donors (Lipinski definition) is 0. The summed E-state index contributed by atoms with van der Waals surface area (Å²) in [6.45, 7) is 10.1. The average Bonchev–Trinajstić information content (AvgIpc) is 3.58. The van der Waals surface area contributed by atoms with Crippen molar-refractivity contribution in [3.05, 3.63) is 23.5 Å². The molecular formula is C32H54N4O5. The van der Waals surface area contributed by atoms with Gasteiger partial charge in [-0.05, 0) is 84.8 Å². The summed E-state index contributed by atoms with van der Waals surface area (Å²) in [5.74, 6) is 0. The standard InChI is InChI=1S/C32H54N4O5/c1-31(2,3)41-30(37)35(5)18-17-34(4)23-26-24-36(28-12-7-10-20-40-28)33-29(26)25-13-14-27(39-21-11-19-38-6)32(22-25)15-8-9-16-32/h13,24,27-28H,7-12,14-23H2,1-6H3. The molecular weight excluding hydrogens is 520 g/mol. The predicted octanol–water partition coefficient (Wildman–Crippen LogP) is 6.04. The van der Waals surface area contributed by atoms with Crippen LogP contribution in [0.2, 0.25) is 0 Å². The molecule has 1 aromatic rings. The molecule has 1 aromatic heterocycles. The summed E-state index contributed by atoms with van der Waals surface area (Å²) in [7, 11) is 5.66. The summed E-state index contributed by atoms with van der Waals surface area (Å²) in [6.07, 6.45) is 15.7. The molecule has 1 aliphatic heterocycles. The lowest BCUT2D eigenvalue weighted by Gasteiger charge is -2.41. The Morgan fingerprint density at radius 2 is 1.93 bits per heavy atom. The third-order valence-electron chi connectivity index (χ3n) is 8.74. The second-order valence-electron chi connectivity index (χ2n) is 13.4. The van der Waals surface area contributed by atoms with E-state index < -0.39 is 5.60 Å². The molecule has 9 heteroatoms. The van der Waals surface area contributed by atoms with Crippen molar-refractivity contribution in [2.75, 3.05) is 54.1 Å². The van der Waals surface area contributed by atoms with Crippen molar-refractivity contribution in [2.24, 2.45) is 5.41 Å². The van der Waals surface area contributed by atoms with Crippen molar-refractivity contribution >= 4 is 11.7 Å². The van der Waals surface area contributed by atoms with Crippen LogP contribution in [-0.2, 0) is 25.5 Å². The summed E-state index contributed by atoms with van der Waals surface area (Å²) >= 11 is 0. The smallest absolute Gasteiger partial charge is 0.410 e. The zero-order valence-corrected chi connectivity index (χ0v) is 26.5. The first-order chi connectivity index (χ1) is 19.6. The second kappa shape index (κ2) is 14.5. The fourth-order valence-corrected chi connectivity index (χ4v) is 6.51. The van der Waals surface area contributed by atoms with E-state index in [4.69, 9.17) is 24.0 Å². The van der Waals surface area contributed by atoms with Crippen LogP contribution in [0.25, 0.3) is 5.57 Å². The molecule has 2 aliphatic carbocycles. The van der Waals surface area contributed by atoms with Gasteiger partial charge in [0.2, 0.25) is 0 Å². The van der Waals surface area contributed by atoms with Crippen molar-refractivity contribution in [1.29, 1.82) is 0 Å². The Balaban J connectivity index is 1.49. The van der Waals surface area contributed by atoms with Gasteiger partial charge >= 0.3 is 6.09 Å². The molecule has 0 radical (unpaired) electrons. The number of likely N-dealkylation sites (N-methyl/N-ethyl adjacent to an activating group) is 2. The third kappa shape index (κ3) is 8.78. The van der Waals surface area contributed by atoms with Crippen LogP contribution in [-0.4, -0.2) is 91.5 Å². The van der Waals surface area contributed by atoms with Crippen LogP contribution in [0, 0.1) is 5.41 Å². The van der Waals surface area contributed by atoms with Crippen LogP contribution in [0.1, 0.15) is 102 Å². The minimum atomic E-state index is -0.500. The molecule has 2 unspecified atom stereocenters. The van der Waals surface area contributed by atoms with E-state index in [1.165, 1.54) is 43.2 Å². The van der Waals surface area contributed by atoms with E-state index in [1.54, 1.807) is 19.1 Å². The van der Waals surface area contributed by atoms with E-state index in [-0.39, 0.29) is 23.8 Å². The molecule has 232 valence electrons. The first kappa shape index (κ1) is 32.0. The summed E-state index contributed by atoms with van der Waals surface area (Å²) in [4.78, 5) is 16.4. The lowest BCUT2D eigenvalue weighted by Crippen LogP contribution is -2.38. The number of amides is 1.